The van der Waals surface area contributed by atoms with Crippen LogP contribution in [0.4, 0.5) is 0 Å². The summed E-state index contributed by atoms with van der Waals surface area (Å²) in [7, 11) is 1.20. The van der Waals surface area contributed by atoms with E-state index in [1.807, 2.05) is 6.92 Å². The average molecular weight is 448 g/mol. The van der Waals surface area contributed by atoms with Crippen molar-refractivity contribution in [2.24, 2.45) is 0 Å². The van der Waals surface area contributed by atoms with Crippen LogP contribution in [0, 0.1) is 0 Å². The van der Waals surface area contributed by atoms with E-state index < -0.39 is 35.8 Å². The number of nitrogens with one attached hydrogen (secondary N) is 3. The van der Waals surface area contributed by atoms with E-state index in [2.05, 4.69) is 33.3 Å². The number of ether oxygens (including phenoxy) is 2. The molecule has 172 valence electrons. The fraction of sp³-hybridized carbons (Fsp3) is 0.737. The van der Waals surface area contributed by atoms with Crippen LogP contribution in [-0.2, 0) is 33.4 Å². The Kier molecular flexibility index (Phi) is 15.2. The Balaban J connectivity index is 4.59. The predicted molar refractivity (Wildman–Crippen MR) is 113 cm³/mol. The summed E-state index contributed by atoms with van der Waals surface area (Å²) in [5.74, 6) is -2.61. The first-order valence-corrected chi connectivity index (χ1v) is 10.6. The normalized spacial score (nSPS) is 12.3. The lowest BCUT2D eigenvalue weighted by Crippen LogP contribution is -2.49. The van der Waals surface area contributed by atoms with E-state index in [4.69, 9.17) is 4.74 Å². The van der Waals surface area contributed by atoms with Gasteiger partial charge in [-0.05, 0) is 19.8 Å². The second kappa shape index (κ2) is 16.5. The molecule has 0 aliphatic carbocycles. The van der Waals surface area contributed by atoms with Crippen molar-refractivity contribution < 1.29 is 33.4 Å². The zero-order valence-corrected chi connectivity index (χ0v) is 18.7. The van der Waals surface area contributed by atoms with Gasteiger partial charge >= 0.3 is 11.9 Å². The highest BCUT2D eigenvalue weighted by Gasteiger charge is 2.24. The van der Waals surface area contributed by atoms with Gasteiger partial charge in [-0.3, -0.25) is 19.2 Å². The fourth-order valence-corrected chi connectivity index (χ4v) is 2.68. The number of carbonyl (C=O) groups is 5. The van der Waals surface area contributed by atoms with Gasteiger partial charge in [0.15, 0.2) is 0 Å². The number of carbonyl (C=O) groups excluding carboxylic acids is 5. The SMILES string of the molecule is CCCCCC(=O)NC(CCC(=O)NC(CS)C(=O)NCC(=O)OCC)C(=O)OC. The maximum atomic E-state index is 12.2. The molecule has 30 heavy (non-hydrogen) atoms. The lowest BCUT2D eigenvalue weighted by Gasteiger charge is -2.18. The molecular formula is C19H33N3O7S. The Morgan fingerprint density at radius 3 is 2.13 bits per heavy atom. The van der Waals surface area contributed by atoms with Gasteiger partial charge in [0.25, 0.3) is 0 Å². The number of esters is 2. The third-order valence-electron chi connectivity index (χ3n) is 4.03. The predicted octanol–water partition coefficient (Wildman–Crippen LogP) is 0.0986. The highest BCUT2D eigenvalue weighted by atomic mass is 32.1. The minimum Gasteiger partial charge on any atom is -0.467 e. The molecule has 0 aliphatic heterocycles. The highest BCUT2D eigenvalue weighted by molar-refractivity contribution is 7.80. The number of amides is 3. The van der Waals surface area contributed by atoms with Gasteiger partial charge in [0.05, 0.1) is 13.7 Å². The molecule has 0 saturated carbocycles. The first-order chi connectivity index (χ1) is 14.3. The molecule has 3 amide bonds. The number of rotatable bonds is 15. The highest BCUT2D eigenvalue weighted by Crippen LogP contribution is 2.04. The van der Waals surface area contributed by atoms with Crippen molar-refractivity contribution in [2.75, 3.05) is 26.0 Å². The zero-order valence-electron chi connectivity index (χ0n) is 17.8. The lowest BCUT2D eigenvalue weighted by atomic mass is 10.1. The van der Waals surface area contributed by atoms with Crippen molar-refractivity contribution in [2.45, 2.75) is 64.5 Å². The molecule has 0 fully saturated rings. The van der Waals surface area contributed by atoms with Gasteiger partial charge in [-0.25, -0.2) is 4.79 Å². The van der Waals surface area contributed by atoms with Crippen LogP contribution in [0.15, 0.2) is 0 Å². The lowest BCUT2D eigenvalue weighted by molar-refractivity contribution is -0.145. The summed E-state index contributed by atoms with van der Waals surface area (Å²) >= 11 is 4.03. The maximum absolute atomic E-state index is 12.2. The Morgan fingerprint density at radius 2 is 1.57 bits per heavy atom. The molecule has 0 bridgehead atoms. The standard InChI is InChI=1S/C19H33N3O7S/c1-4-6-7-8-15(23)21-13(19(27)28-3)9-10-16(24)22-14(12-30)18(26)20-11-17(25)29-5-2/h13-14,30H,4-12H2,1-3H3,(H,20,26)(H,21,23)(H,22,24). The van der Waals surface area contributed by atoms with Crippen molar-refractivity contribution in [3.63, 3.8) is 0 Å². The fourth-order valence-electron chi connectivity index (χ4n) is 2.42. The largest absolute Gasteiger partial charge is 0.467 e. The van der Waals surface area contributed by atoms with E-state index in [0.717, 1.165) is 12.8 Å². The maximum Gasteiger partial charge on any atom is 0.328 e. The van der Waals surface area contributed by atoms with Gasteiger partial charge in [0.1, 0.15) is 18.6 Å². The summed E-state index contributed by atoms with van der Waals surface area (Å²) in [5, 5.41) is 7.42. The molecule has 0 aliphatic rings. The van der Waals surface area contributed by atoms with Gasteiger partial charge in [-0.15, -0.1) is 0 Å². The first kappa shape index (κ1) is 27.7. The summed E-state index contributed by atoms with van der Waals surface area (Å²) in [6.07, 6.45) is 2.76. The monoisotopic (exact) mass is 447 g/mol. The van der Waals surface area contributed by atoms with Gasteiger partial charge in [-0.1, -0.05) is 19.8 Å². The molecule has 0 aromatic heterocycles. The molecule has 2 atom stereocenters. The van der Waals surface area contributed by atoms with Crippen molar-refractivity contribution >= 4 is 42.3 Å². The van der Waals surface area contributed by atoms with Gasteiger partial charge < -0.3 is 25.4 Å². The minimum absolute atomic E-state index is 0.00892. The van der Waals surface area contributed by atoms with E-state index in [1.54, 1.807) is 6.92 Å². The molecule has 0 heterocycles. The molecule has 0 spiro atoms. The van der Waals surface area contributed by atoms with Gasteiger partial charge in [0, 0.05) is 18.6 Å². The number of unbranched alkanes of at least 4 members (excludes halogenated alkanes) is 2. The summed E-state index contributed by atoms with van der Waals surface area (Å²) in [6, 6.07) is -1.92. The van der Waals surface area contributed by atoms with E-state index >= 15 is 0 Å². The topological polar surface area (TPSA) is 140 Å². The van der Waals surface area contributed by atoms with Crippen molar-refractivity contribution in [1.82, 2.24) is 16.0 Å². The van der Waals surface area contributed by atoms with Crippen LogP contribution >= 0.6 is 12.6 Å². The molecule has 0 saturated heterocycles. The summed E-state index contributed by atoms with van der Waals surface area (Å²) in [4.78, 5) is 59.4. The van der Waals surface area contributed by atoms with Crippen LogP contribution in [-0.4, -0.2) is 67.8 Å². The molecule has 0 aromatic rings. The average Bonchev–Trinajstić information content (AvgIpc) is 2.72. The van der Waals surface area contributed by atoms with E-state index in [1.165, 1.54) is 7.11 Å². The number of hydrogen-bond acceptors (Lipinski definition) is 8. The summed E-state index contributed by atoms with van der Waals surface area (Å²) < 4.78 is 9.39. The Morgan fingerprint density at radius 1 is 0.933 bits per heavy atom. The number of hydrogen-bond donors (Lipinski definition) is 4. The van der Waals surface area contributed by atoms with Crippen molar-refractivity contribution in [1.29, 1.82) is 0 Å². The third-order valence-corrected chi connectivity index (χ3v) is 4.40. The molecule has 0 rings (SSSR count). The van der Waals surface area contributed by atoms with Crippen molar-refractivity contribution in [3.05, 3.63) is 0 Å². The van der Waals surface area contributed by atoms with Crippen LogP contribution in [0.3, 0.4) is 0 Å². The Labute approximate surface area is 182 Å². The quantitative estimate of drug-likeness (QED) is 0.159. The van der Waals surface area contributed by atoms with Crippen LogP contribution in [0.1, 0.15) is 52.4 Å². The smallest absolute Gasteiger partial charge is 0.328 e. The molecule has 11 heteroatoms. The molecule has 2 unspecified atom stereocenters. The number of thiol groups is 1. The van der Waals surface area contributed by atoms with E-state index in [-0.39, 0.29) is 44.1 Å². The molecule has 3 N–H and O–H groups in total. The molecule has 10 nitrogen and oxygen atoms in total. The minimum atomic E-state index is -0.963. The van der Waals surface area contributed by atoms with Crippen LogP contribution < -0.4 is 16.0 Å². The van der Waals surface area contributed by atoms with E-state index in [0.29, 0.717) is 6.42 Å². The van der Waals surface area contributed by atoms with Crippen LogP contribution in [0.25, 0.3) is 0 Å². The van der Waals surface area contributed by atoms with Crippen LogP contribution in [0.2, 0.25) is 0 Å². The third kappa shape index (κ3) is 12.3. The van der Waals surface area contributed by atoms with Crippen LogP contribution in [0.5, 0.6) is 0 Å². The molecular weight excluding hydrogens is 414 g/mol. The Hall–Kier alpha value is -2.30. The van der Waals surface area contributed by atoms with Gasteiger partial charge in [-0.2, -0.15) is 12.6 Å². The Bertz CT molecular complexity index is 586. The number of methoxy groups -OCH3 is 1. The summed E-state index contributed by atoms with van der Waals surface area (Å²) in [6.45, 7) is 3.54. The zero-order chi connectivity index (χ0) is 22.9. The second-order valence-electron chi connectivity index (χ2n) is 6.46. The van der Waals surface area contributed by atoms with Gasteiger partial charge in [0.2, 0.25) is 17.7 Å². The van der Waals surface area contributed by atoms with E-state index in [9.17, 15) is 24.0 Å². The second-order valence-corrected chi connectivity index (χ2v) is 6.83. The van der Waals surface area contributed by atoms with Crippen molar-refractivity contribution in [3.8, 4) is 0 Å². The molecule has 0 aromatic carbocycles. The summed E-state index contributed by atoms with van der Waals surface area (Å²) in [5.41, 5.74) is 0. The molecule has 0 radical (unpaired) electrons. The first-order valence-electron chi connectivity index (χ1n) is 9.99.